The average molecular weight is 414 g/mol. The molecular formula is C23H31N3O4. The van der Waals surface area contributed by atoms with E-state index in [1.807, 2.05) is 64.1 Å². The molecule has 2 rings (SSSR count). The number of hydrogen-bond donors (Lipinski definition) is 4. The van der Waals surface area contributed by atoms with Crippen LogP contribution in [0.5, 0.6) is 0 Å². The Labute approximate surface area is 177 Å². The summed E-state index contributed by atoms with van der Waals surface area (Å²) in [5, 5.41) is 19.4. The molecule has 0 aliphatic rings. The lowest BCUT2D eigenvalue weighted by Crippen LogP contribution is -2.53. The van der Waals surface area contributed by atoms with Gasteiger partial charge in [-0.05, 0) is 36.1 Å². The van der Waals surface area contributed by atoms with Gasteiger partial charge in [0.2, 0.25) is 5.91 Å². The maximum Gasteiger partial charge on any atom is 0.326 e. The van der Waals surface area contributed by atoms with Crippen molar-refractivity contribution in [2.75, 3.05) is 5.32 Å². The molecule has 0 spiro atoms. The van der Waals surface area contributed by atoms with Crippen molar-refractivity contribution in [3.63, 3.8) is 0 Å². The summed E-state index contributed by atoms with van der Waals surface area (Å²) in [6, 6.07) is 10.9. The molecule has 0 aliphatic heterocycles. The number of anilines is 1. The molecule has 3 amide bonds. The van der Waals surface area contributed by atoms with Crippen LogP contribution in [0.2, 0.25) is 0 Å². The second kappa shape index (κ2) is 10.6. The van der Waals surface area contributed by atoms with Gasteiger partial charge in [0.25, 0.3) is 0 Å². The van der Waals surface area contributed by atoms with Crippen molar-refractivity contribution < 1.29 is 19.5 Å². The van der Waals surface area contributed by atoms with Crippen LogP contribution < -0.4 is 16.0 Å². The van der Waals surface area contributed by atoms with Crippen LogP contribution in [0.25, 0.3) is 10.8 Å². The predicted molar refractivity (Wildman–Crippen MR) is 118 cm³/mol. The van der Waals surface area contributed by atoms with Crippen LogP contribution in [0.15, 0.2) is 42.5 Å². The maximum absolute atomic E-state index is 12.8. The molecule has 2 aromatic carbocycles. The Morgan fingerprint density at radius 2 is 1.43 bits per heavy atom. The van der Waals surface area contributed by atoms with Crippen molar-refractivity contribution in [1.29, 1.82) is 0 Å². The van der Waals surface area contributed by atoms with E-state index >= 15 is 0 Å². The molecule has 0 unspecified atom stereocenters. The van der Waals surface area contributed by atoms with Crippen LogP contribution >= 0.6 is 0 Å². The van der Waals surface area contributed by atoms with E-state index in [9.17, 15) is 19.5 Å². The summed E-state index contributed by atoms with van der Waals surface area (Å²) in [7, 11) is 0. The molecule has 0 aromatic heterocycles. The highest BCUT2D eigenvalue weighted by molar-refractivity contribution is 6.02. The van der Waals surface area contributed by atoms with Crippen LogP contribution in [0.3, 0.4) is 0 Å². The smallest absolute Gasteiger partial charge is 0.326 e. The third-order valence-electron chi connectivity index (χ3n) is 4.69. The van der Waals surface area contributed by atoms with Gasteiger partial charge in [-0.1, -0.05) is 64.1 Å². The van der Waals surface area contributed by atoms with Crippen LogP contribution in [-0.4, -0.2) is 35.1 Å². The zero-order valence-corrected chi connectivity index (χ0v) is 17.9. The van der Waals surface area contributed by atoms with Crippen molar-refractivity contribution in [3.05, 3.63) is 42.5 Å². The van der Waals surface area contributed by atoms with Gasteiger partial charge in [-0.15, -0.1) is 0 Å². The van der Waals surface area contributed by atoms with Crippen LogP contribution in [0.1, 0.15) is 40.5 Å². The topological polar surface area (TPSA) is 108 Å². The SMILES string of the molecule is CC(C)C[C@H](NC(=O)Nc1cccc2ccccc12)C(=O)N[C@H](CC(C)C)C(=O)O. The molecule has 0 heterocycles. The van der Waals surface area contributed by atoms with E-state index in [1.54, 1.807) is 6.07 Å². The highest BCUT2D eigenvalue weighted by Gasteiger charge is 2.27. The summed E-state index contributed by atoms with van der Waals surface area (Å²) >= 11 is 0. The summed E-state index contributed by atoms with van der Waals surface area (Å²) in [5.74, 6) is -1.34. The van der Waals surface area contributed by atoms with Gasteiger partial charge in [-0.3, -0.25) is 4.79 Å². The van der Waals surface area contributed by atoms with Gasteiger partial charge in [0.15, 0.2) is 0 Å². The first kappa shape index (κ1) is 23.2. The zero-order chi connectivity index (χ0) is 22.3. The van der Waals surface area contributed by atoms with Crippen LogP contribution in [0, 0.1) is 11.8 Å². The number of rotatable bonds is 9. The highest BCUT2D eigenvalue weighted by Crippen LogP contribution is 2.22. The lowest BCUT2D eigenvalue weighted by molar-refractivity contribution is -0.142. The predicted octanol–water partition coefficient (Wildman–Crippen LogP) is 3.99. The Morgan fingerprint density at radius 1 is 0.833 bits per heavy atom. The van der Waals surface area contributed by atoms with E-state index in [2.05, 4.69) is 16.0 Å². The minimum Gasteiger partial charge on any atom is -0.480 e. The Kier molecular flexibility index (Phi) is 8.21. The standard InChI is InChI=1S/C23H31N3O4/c1-14(2)12-19(21(27)24-20(22(28)29)13-15(3)4)26-23(30)25-18-11-7-9-16-8-5-6-10-17(16)18/h5-11,14-15,19-20H,12-13H2,1-4H3,(H,24,27)(H,28,29)(H2,25,26,30)/t19-,20+/m0/s1. The van der Waals surface area contributed by atoms with E-state index in [0.29, 0.717) is 18.5 Å². The molecule has 0 aliphatic carbocycles. The fraction of sp³-hybridized carbons (Fsp3) is 0.435. The van der Waals surface area contributed by atoms with Gasteiger partial charge in [0, 0.05) is 5.39 Å². The molecule has 0 saturated heterocycles. The second-order valence-electron chi connectivity index (χ2n) is 8.34. The molecule has 0 saturated carbocycles. The summed E-state index contributed by atoms with van der Waals surface area (Å²) in [6.07, 6.45) is 0.709. The third-order valence-corrected chi connectivity index (χ3v) is 4.69. The maximum atomic E-state index is 12.8. The average Bonchev–Trinajstić information content (AvgIpc) is 2.66. The number of fused-ring (bicyclic) bond motifs is 1. The van der Waals surface area contributed by atoms with E-state index in [0.717, 1.165) is 10.8 Å². The Hall–Kier alpha value is -3.09. The number of aliphatic carboxylic acids is 1. The quantitative estimate of drug-likeness (QED) is 0.498. The van der Waals surface area contributed by atoms with Gasteiger partial charge in [0.1, 0.15) is 12.1 Å². The monoisotopic (exact) mass is 413 g/mol. The third kappa shape index (κ3) is 6.76. The highest BCUT2D eigenvalue weighted by atomic mass is 16.4. The van der Waals surface area contributed by atoms with Crippen molar-refractivity contribution in [3.8, 4) is 0 Å². The van der Waals surface area contributed by atoms with E-state index in [4.69, 9.17) is 0 Å². The van der Waals surface area contributed by atoms with E-state index in [1.165, 1.54) is 0 Å². The van der Waals surface area contributed by atoms with Crippen LogP contribution in [-0.2, 0) is 9.59 Å². The molecule has 4 N–H and O–H groups in total. The van der Waals surface area contributed by atoms with Gasteiger partial charge >= 0.3 is 12.0 Å². The Balaban J connectivity index is 2.11. The number of amides is 3. The molecule has 0 bridgehead atoms. The normalized spacial score (nSPS) is 13.1. The van der Waals surface area contributed by atoms with Gasteiger partial charge in [-0.25, -0.2) is 9.59 Å². The molecule has 2 aromatic rings. The molecular weight excluding hydrogens is 382 g/mol. The number of nitrogens with one attached hydrogen (secondary N) is 3. The molecule has 0 radical (unpaired) electrons. The Bertz CT molecular complexity index is 890. The molecule has 7 nitrogen and oxygen atoms in total. The van der Waals surface area contributed by atoms with Crippen LogP contribution in [0.4, 0.5) is 10.5 Å². The molecule has 162 valence electrons. The number of carbonyl (C=O) groups excluding carboxylic acids is 2. The van der Waals surface area contributed by atoms with Crippen molar-refractivity contribution in [2.24, 2.45) is 11.8 Å². The van der Waals surface area contributed by atoms with Crippen molar-refractivity contribution >= 4 is 34.4 Å². The number of carbonyl (C=O) groups is 3. The fourth-order valence-electron chi connectivity index (χ4n) is 3.32. The number of carboxylic acid groups (broad SMARTS) is 1. The minimum absolute atomic E-state index is 0.109. The molecule has 7 heteroatoms. The first-order valence-electron chi connectivity index (χ1n) is 10.3. The summed E-state index contributed by atoms with van der Waals surface area (Å²) < 4.78 is 0. The van der Waals surface area contributed by atoms with E-state index in [-0.39, 0.29) is 11.8 Å². The first-order valence-corrected chi connectivity index (χ1v) is 10.3. The molecule has 0 fully saturated rings. The number of carboxylic acids is 1. The fourth-order valence-corrected chi connectivity index (χ4v) is 3.32. The minimum atomic E-state index is -1.08. The van der Waals surface area contributed by atoms with Crippen molar-refractivity contribution in [2.45, 2.75) is 52.6 Å². The Morgan fingerprint density at radius 3 is 2.07 bits per heavy atom. The zero-order valence-electron chi connectivity index (χ0n) is 17.9. The molecule has 30 heavy (non-hydrogen) atoms. The number of benzene rings is 2. The van der Waals surface area contributed by atoms with Gasteiger partial charge in [-0.2, -0.15) is 0 Å². The lowest BCUT2D eigenvalue weighted by atomic mass is 10.0. The number of urea groups is 1. The lowest BCUT2D eigenvalue weighted by Gasteiger charge is -2.23. The summed E-state index contributed by atoms with van der Waals surface area (Å²) in [6.45, 7) is 7.66. The summed E-state index contributed by atoms with van der Waals surface area (Å²) in [5.41, 5.74) is 0.637. The van der Waals surface area contributed by atoms with Crippen molar-refractivity contribution in [1.82, 2.24) is 10.6 Å². The van der Waals surface area contributed by atoms with E-state index < -0.39 is 30.0 Å². The largest absolute Gasteiger partial charge is 0.480 e. The first-order chi connectivity index (χ1) is 14.2. The van der Waals surface area contributed by atoms with Gasteiger partial charge < -0.3 is 21.1 Å². The molecule has 2 atom stereocenters. The van der Waals surface area contributed by atoms with Gasteiger partial charge in [0.05, 0.1) is 5.69 Å². The second-order valence-corrected chi connectivity index (χ2v) is 8.34. The number of hydrogen-bond acceptors (Lipinski definition) is 3. The summed E-state index contributed by atoms with van der Waals surface area (Å²) in [4.78, 5) is 36.9.